The molecule has 0 atom stereocenters. The lowest BCUT2D eigenvalue weighted by Gasteiger charge is -2.03. The fourth-order valence-corrected chi connectivity index (χ4v) is 2.65. The van der Waals surface area contributed by atoms with Crippen molar-refractivity contribution in [2.75, 3.05) is 0 Å². The molecular formula is C17H14Cl2N2. The lowest BCUT2D eigenvalue weighted by atomic mass is 10.1. The number of benzene rings is 2. The molecule has 0 saturated heterocycles. The van der Waals surface area contributed by atoms with E-state index in [4.69, 9.17) is 23.2 Å². The maximum absolute atomic E-state index is 6.19. The van der Waals surface area contributed by atoms with E-state index in [0.717, 1.165) is 22.6 Å². The van der Waals surface area contributed by atoms with E-state index in [1.165, 1.54) is 5.56 Å². The van der Waals surface area contributed by atoms with E-state index in [-0.39, 0.29) is 0 Å². The van der Waals surface area contributed by atoms with Crippen LogP contribution >= 0.6 is 23.2 Å². The summed E-state index contributed by atoms with van der Waals surface area (Å²) in [5.41, 5.74) is 4.38. The summed E-state index contributed by atoms with van der Waals surface area (Å²) in [6.45, 7) is 2.07. The lowest BCUT2D eigenvalue weighted by molar-refractivity contribution is 1.03. The average Bonchev–Trinajstić information content (AvgIpc) is 2.91. The van der Waals surface area contributed by atoms with Crippen molar-refractivity contribution >= 4 is 23.2 Å². The molecule has 1 aromatic heterocycles. The normalized spacial score (nSPS) is 10.8. The summed E-state index contributed by atoms with van der Waals surface area (Å²) < 4.78 is 0. The Balaban J connectivity index is 1.83. The number of H-pyrrole nitrogens is 1. The Morgan fingerprint density at radius 3 is 2.52 bits per heavy atom. The van der Waals surface area contributed by atoms with Crippen LogP contribution in [0.2, 0.25) is 10.0 Å². The van der Waals surface area contributed by atoms with Crippen LogP contribution in [0.15, 0.2) is 48.7 Å². The van der Waals surface area contributed by atoms with Gasteiger partial charge in [0, 0.05) is 16.5 Å². The van der Waals surface area contributed by atoms with E-state index >= 15 is 0 Å². The van der Waals surface area contributed by atoms with Crippen LogP contribution in [0.25, 0.3) is 11.3 Å². The van der Waals surface area contributed by atoms with Gasteiger partial charge in [0.2, 0.25) is 0 Å². The van der Waals surface area contributed by atoms with Crippen molar-refractivity contribution < 1.29 is 0 Å². The molecule has 1 N–H and O–H groups in total. The second-order valence-electron chi connectivity index (χ2n) is 5.02. The topological polar surface area (TPSA) is 28.7 Å². The highest BCUT2D eigenvalue weighted by atomic mass is 35.5. The maximum Gasteiger partial charge on any atom is 0.110 e. The van der Waals surface area contributed by atoms with Gasteiger partial charge in [0.1, 0.15) is 5.82 Å². The van der Waals surface area contributed by atoms with E-state index in [9.17, 15) is 0 Å². The van der Waals surface area contributed by atoms with Gasteiger partial charge < -0.3 is 4.98 Å². The molecule has 0 amide bonds. The number of hydrogen-bond acceptors (Lipinski definition) is 1. The fourth-order valence-electron chi connectivity index (χ4n) is 2.18. The molecule has 4 heteroatoms. The molecule has 0 saturated carbocycles. The zero-order valence-corrected chi connectivity index (χ0v) is 13.0. The van der Waals surface area contributed by atoms with Crippen molar-refractivity contribution in [2.45, 2.75) is 13.3 Å². The van der Waals surface area contributed by atoms with Gasteiger partial charge in [-0.25, -0.2) is 4.98 Å². The molecule has 3 rings (SSSR count). The third kappa shape index (κ3) is 3.29. The minimum absolute atomic E-state index is 0.642. The Labute approximate surface area is 133 Å². The zero-order chi connectivity index (χ0) is 14.8. The molecule has 2 aromatic carbocycles. The molecule has 0 radical (unpaired) electrons. The van der Waals surface area contributed by atoms with Crippen LogP contribution in [-0.4, -0.2) is 9.97 Å². The minimum Gasteiger partial charge on any atom is -0.342 e. The van der Waals surface area contributed by atoms with Gasteiger partial charge in [0.05, 0.1) is 11.9 Å². The largest absolute Gasteiger partial charge is 0.342 e. The molecule has 0 unspecified atom stereocenters. The highest BCUT2D eigenvalue weighted by Crippen LogP contribution is 2.24. The van der Waals surface area contributed by atoms with Crippen LogP contribution in [0, 0.1) is 6.92 Å². The number of halogens is 2. The van der Waals surface area contributed by atoms with E-state index in [1.807, 2.05) is 18.3 Å². The Kier molecular flexibility index (Phi) is 4.00. The van der Waals surface area contributed by atoms with Gasteiger partial charge in [-0.3, -0.25) is 0 Å². The van der Waals surface area contributed by atoms with Gasteiger partial charge in [-0.1, -0.05) is 59.1 Å². The predicted octanol–water partition coefficient (Wildman–Crippen LogP) is 5.28. The molecule has 3 aromatic rings. The van der Waals surface area contributed by atoms with Crippen molar-refractivity contribution in [1.82, 2.24) is 9.97 Å². The van der Waals surface area contributed by atoms with Gasteiger partial charge in [0.15, 0.2) is 0 Å². The summed E-state index contributed by atoms with van der Waals surface area (Å²) in [6, 6.07) is 13.9. The number of aryl methyl sites for hydroxylation is 1. The molecule has 2 nitrogen and oxygen atoms in total. The maximum atomic E-state index is 6.19. The quantitative estimate of drug-likeness (QED) is 0.699. The highest BCUT2D eigenvalue weighted by Gasteiger charge is 2.07. The van der Waals surface area contributed by atoms with Crippen LogP contribution in [-0.2, 0) is 6.42 Å². The first-order chi connectivity index (χ1) is 10.1. The van der Waals surface area contributed by atoms with Crippen LogP contribution in [0.4, 0.5) is 0 Å². The molecule has 0 aliphatic carbocycles. The molecule has 0 aliphatic rings. The van der Waals surface area contributed by atoms with Crippen molar-refractivity contribution in [3.05, 3.63) is 75.7 Å². The molecule has 0 bridgehead atoms. The number of aromatic nitrogens is 2. The minimum atomic E-state index is 0.642. The molecule has 106 valence electrons. The highest BCUT2D eigenvalue weighted by molar-refractivity contribution is 6.35. The molecule has 0 aliphatic heterocycles. The summed E-state index contributed by atoms with van der Waals surface area (Å²) in [4.78, 5) is 7.76. The van der Waals surface area contributed by atoms with Crippen LogP contribution in [0.5, 0.6) is 0 Å². The molecule has 1 heterocycles. The Morgan fingerprint density at radius 1 is 1.05 bits per heavy atom. The third-order valence-corrected chi connectivity index (χ3v) is 3.95. The number of imidazole rings is 1. The van der Waals surface area contributed by atoms with Crippen molar-refractivity contribution in [1.29, 1.82) is 0 Å². The number of nitrogens with zero attached hydrogens (tertiary/aromatic N) is 1. The van der Waals surface area contributed by atoms with E-state index < -0.39 is 0 Å². The van der Waals surface area contributed by atoms with Gasteiger partial charge in [-0.15, -0.1) is 0 Å². The monoisotopic (exact) mass is 316 g/mol. The number of aromatic amines is 1. The summed E-state index contributed by atoms with van der Waals surface area (Å²) in [5, 5.41) is 1.30. The number of rotatable bonds is 3. The first-order valence-corrected chi connectivity index (χ1v) is 7.42. The molecule has 0 fully saturated rings. The SMILES string of the molecule is Cc1ccc(-c2cnc(Cc3ccc(Cl)cc3Cl)[nH]2)cc1. The fraction of sp³-hybridized carbons (Fsp3) is 0.118. The van der Waals surface area contributed by atoms with E-state index in [2.05, 4.69) is 41.2 Å². The molecule has 21 heavy (non-hydrogen) atoms. The van der Waals surface area contributed by atoms with Crippen molar-refractivity contribution in [3.63, 3.8) is 0 Å². The van der Waals surface area contributed by atoms with Gasteiger partial charge in [0.25, 0.3) is 0 Å². The standard InChI is InChI=1S/C17H14Cl2N2/c1-11-2-4-12(5-3-11)16-10-20-17(21-16)8-13-6-7-14(18)9-15(13)19/h2-7,9-10H,8H2,1H3,(H,20,21). The van der Waals surface area contributed by atoms with Gasteiger partial charge in [-0.05, 0) is 30.2 Å². The Morgan fingerprint density at radius 2 is 1.81 bits per heavy atom. The zero-order valence-electron chi connectivity index (χ0n) is 11.5. The Bertz CT molecular complexity index is 761. The smallest absolute Gasteiger partial charge is 0.110 e. The predicted molar refractivity (Wildman–Crippen MR) is 88.0 cm³/mol. The second-order valence-corrected chi connectivity index (χ2v) is 5.87. The van der Waals surface area contributed by atoms with Gasteiger partial charge in [-0.2, -0.15) is 0 Å². The second kappa shape index (κ2) is 5.92. The lowest BCUT2D eigenvalue weighted by Crippen LogP contribution is -1.92. The molecule has 0 spiro atoms. The van der Waals surface area contributed by atoms with Crippen LogP contribution in [0.3, 0.4) is 0 Å². The van der Waals surface area contributed by atoms with Gasteiger partial charge >= 0.3 is 0 Å². The van der Waals surface area contributed by atoms with E-state index in [1.54, 1.807) is 6.07 Å². The first-order valence-electron chi connectivity index (χ1n) is 6.66. The van der Waals surface area contributed by atoms with Crippen molar-refractivity contribution in [2.24, 2.45) is 0 Å². The third-order valence-electron chi connectivity index (χ3n) is 3.36. The summed E-state index contributed by atoms with van der Waals surface area (Å²) >= 11 is 12.1. The summed E-state index contributed by atoms with van der Waals surface area (Å²) in [7, 11) is 0. The number of hydrogen-bond donors (Lipinski definition) is 1. The number of nitrogens with one attached hydrogen (secondary N) is 1. The average molecular weight is 317 g/mol. The van der Waals surface area contributed by atoms with E-state index in [0.29, 0.717) is 16.5 Å². The summed E-state index contributed by atoms with van der Waals surface area (Å²) in [5.74, 6) is 0.884. The molecular weight excluding hydrogens is 303 g/mol. The summed E-state index contributed by atoms with van der Waals surface area (Å²) in [6.07, 6.45) is 2.51. The van der Waals surface area contributed by atoms with Crippen LogP contribution in [0.1, 0.15) is 17.0 Å². The first kappa shape index (κ1) is 14.2. The van der Waals surface area contributed by atoms with Crippen LogP contribution < -0.4 is 0 Å². The van der Waals surface area contributed by atoms with Crippen molar-refractivity contribution in [3.8, 4) is 11.3 Å². The Hall–Kier alpha value is -1.77.